The van der Waals surface area contributed by atoms with Crippen LogP contribution in [0.3, 0.4) is 0 Å². The molecule has 0 bridgehead atoms. The topological polar surface area (TPSA) is 83.3 Å². The van der Waals surface area contributed by atoms with E-state index in [0.717, 1.165) is 6.07 Å². The Morgan fingerprint density at radius 1 is 1.55 bits per heavy atom. The standard InChI is InChI=1S/C4H4ClN2O3P/c5-4-6-2-1-3(7-4)11(8,9)10/h1-2H,(H2,8,9,10). The number of rotatable bonds is 1. The van der Waals surface area contributed by atoms with Gasteiger partial charge >= 0.3 is 7.60 Å². The molecule has 0 unspecified atom stereocenters. The molecule has 0 spiro atoms. The van der Waals surface area contributed by atoms with Crippen molar-refractivity contribution in [3.8, 4) is 0 Å². The SMILES string of the molecule is O=P(O)(O)c1ccnc(Cl)n1. The van der Waals surface area contributed by atoms with Crippen LogP contribution in [0.1, 0.15) is 0 Å². The van der Waals surface area contributed by atoms with Crippen molar-refractivity contribution < 1.29 is 14.4 Å². The van der Waals surface area contributed by atoms with Crippen molar-refractivity contribution >= 4 is 24.6 Å². The van der Waals surface area contributed by atoms with E-state index in [4.69, 9.17) is 21.4 Å². The van der Waals surface area contributed by atoms with E-state index in [0.29, 0.717) is 0 Å². The molecule has 0 atom stereocenters. The molecule has 0 aromatic carbocycles. The van der Waals surface area contributed by atoms with Crippen LogP contribution in [0.25, 0.3) is 0 Å². The van der Waals surface area contributed by atoms with E-state index in [1.807, 2.05) is 0 Å². The van der Waals surface area contributed by atoms with Crippen molar-refractivity contribution in [1.29, 1.82) is 0 Å². The summed E-state index contributed by atoms with van der Waals surface area (Å²) in [7, 11) is -4.28. The fraction of sp³-hybridized carbons (Fsp3) is 0. The molecule has 11 heavy (non-hydrogen) atoms. The quantitative estimate of drug-likeness (QED) is 0.483. The summed E-state index contributed by atoms with van der Waals surface area (Å²) in [6.07, 6.45) is 1.18. The highest BCUT2D eigenvalue weighted by Gasteiger charge is 2.18. The van der Waals surface area contributed by atoms with Crippen LogP contribution in [0.15, 0.2) is 12.3 Å². The fourth-order valence-corrected chi connectivity index (χ4v) is 1.18. The summed E-state index contributed by atoms with van der Waals surface area (Å²) in [5.41, 5.74) is -0.363. The lowest BCUT2D eigenvalue weighted by Crippen LogP contribution is -2.09. The zero-order valence-electron chi connectivity index (χ0n) is 5.18. The molecule has 0 aliphatic rings. The Morgan fingerprint density at radius 2 is 2.18 bits per heavy atom. The second-order valence-electron chi connectivity index (χ2n) is 1.73. The lowest BCUT2D eigenvalue weighted by Gasteiger charge is -2.00. The van der Waals surface area contributed by atoms with E-state index in [2.05, 4.69) is 9.97 Å². The maximum absolute atomic E-state index is 10.5. The van der Waals surface area contributed by atoms with Crippen LogP contribution in [-0.2, 0) is 4.57 Å². The number of hydrogen-bond acceptors (Lipinski definition) is 3. The average molecular weight is 195 g/mol. The van der Waals surface area contributed by atoms with Crippen LogP contribution in [0, 0.1) is 0 Å². The molecular formula is C4H4ClN2O3P. The third kappa shape index (κ3) is 2.24. The van der Waals surface area contributed by atoms with Gasteiger partial charge in [0.05, 0.1) is 0 Å². The van der Waals surface area contributed by atoms with Crippen molar-refractivity contribution in [2.24, 2.45) is 0 Å². The molecular weight excluding hydrogens is 190 g/mol. The number of nitrogens with zero attached hydrogens (tertiary/aromatic N) is 2. The summed E-state index contributed by atoms with van der Waals surface area (Å²) < 4.78 is 10.5. The largest absolute Gasteiger partial charge is 0.374 e. The first-order valence-corrected chi connectivity index (χ1v) is 4.54. The molecule has 0 amide bonds. The van der Waals surface area contributed by atoms with Gasteiger partial charge in [-0.1, -0.05) is 0 Å². The van der Waals surface area contributed by atoms with E-state index >= 15 is 0 Å². The Kier molecular flexibility index (Phi) is 2.25. The number of hydrogen-bond donors (Lipinski definition) is 2. The summed E-state index contributed by atoms with van der Waals surface area (Å²) in [5, 5.41) is -0.175. The van der Waals surface area contributed by atoms with E-state index in [1.54, 1.807) is 0 Å². The predicted molar refractivity (Wildman–Crippen MR) is 38.7 cm³/mol. The van der Waals surface area contributed by atoms with E-state index < -0.39 is 7.60 Å². The van der Waals surface area contributed by atoms with Crippen LogP contribution in [0.4, 0.5) is 0 Å². The van der Waals surface area contributed by atoms with Gasteiger partial charge < -0.3 is 9.79 Å². The Morgan fingerprint density at radius 3 is 2.55 bits per heavy atom. The summed E-state index contributed by atoms with van der Waals surface area (Å²) in [6.45, 7) is 0. The van der Waals surface area contributed by atoms with E-state index in [-0.39, 0.29) is 10.7 Å². The van der Waals surface area contributed by atoms with Crippen LogP contribution in [0.2, 0.25) is 5.28 Å². The Hall–Kier alpha value is -0.480. The smallest absolute Gasteiger partial charge is 0.320 e. The van der Waals surface area contributed by atoms with Gasteiger partial charge in [0, 0.05) is 6.20 Å². The highest BCUT2D eigenvalue weighted by Crippen LogP contribution is 2.31. The molecule has 0 aliphatic heterocycles. The van der Waals surface area contributed by atoms with Crippen molar-refractivity contribution in [2.45, 2.75) is 0 Å². The molecule has 60 valence electrons. The molecule has 1 heterocycles. The van der Waals surface area contributed by atoms with E-state index in [1.165, 1.54) is 6.20 Å². The minimum atomic E-state index is -4.28. The van der Waals surface area contributed by atoms with Gasteiger partial charge in [-0.25, -0.2) is 9.97 Å². The maximum Gasteiger partial charge on any atom is 0.374 e. The minimum Gasteiger partial charge on any atom is -0.320 e. The minimum absolute atomic E-state index is 0.175. The number of halogens is 1. The molecule has 2 N–H and O–H groups in total. The van der Waals surface area contributed by atoms with Gasteiger partial charge in [-0.3, -0.25) is 4.57 Å². The van der Waals surface area contributed by atoms with Crippen LogP contribution in [-0.4, -0.2) is 19.8 Å². The van der Waals surface area contributed by atoms with E-state index in [9.17, 15) is 4.57 Å². The maximum atomic E-state index is 10.5. The van der Waals surface area contributed by atoms with Gasteiger partial charge in [0.25, 0.3) is 0 Å². The molecule has 5 nitrogen and oxygen atoms in total. The molecule has 0 saturated heterocycles. The highest BCUT2D eigenvalue weighted by atomic mass is 35.5. The average Bonchev–Trinajstić information content (AvgIpc) is 1.86. The van der Waals surface area contributed by atoms with Crippen molar-refractivity contribution in [2.75, 3.05) is 0 Å². The lowest BCUT2D eigenvalue weighted by molar-refractivity contribution is 0.386. The zero-order chi connectivity index (χ0) is 8.48. The summed E-state index contributed by atoms with van der Waals surface area (Å²) >= 11 is 5.29. The lowest BCUT2D eigenvalue weighted by atomic mass is 10.7. The molecule has 0 aliphatic carbocycles. The second kappa shape index (κ2) is 2.87. The van der Waals surface area contributed by atoms with Gasteiger partial charge in [-0.15, -0.1) is 0 Å². The van der Waals surface area contributed by atoms with Crippen LogP contribution < -0.4 is 5.44 Å². The van der Waals surface area contributed by atoms with Crippen molar-refractivity contribution in [3.63, 3.8) is 0 Å². The predicted octanol–water partition coefficient (Wildman–Crippen LogP) is -0.0670. The van der Waals surface area contributed by atoms with Crippen LogP contribution in [0.5, 0.6) is 0 Å². The molecule has 1 rings (SSSR count). The monoisotopic (exact) mass is 194 g/mol. The molecule has 0 radical (unpaired) electrons. The molecule has 0 fully saturated rings. The summed E-state index contributed by atoms with van der Waals surface area (Å²) in [4.78, 5) is 24.0. The normalized spacial score (nSPS) is 11.5. The molecule has 1 aromatic heterocycles. The Labute approximate surface area is 67.2 Å². The first-order valence-electron chi connectivity index (χ1n) is 2.55. The Bertz CT molecular complexity index is 312. The van der Waals surface area contributed by atoms with Gasteiger partial charge in [0.2, 0.25) is 5.28 Å². The Balaban J connectivity index is 3.17. The third-order valence-electron chi connectivity index (χ3n) is 0.910. The summed E-state index contributed by atoms with van der Waals surface area (Å²) in [5.74, 6) is 0. The zero-order valence-corrected chi connectivity index (χ0v) is 6.83. The first kappa shape index (κ1) is 8.62. The van der Waals surface area contributed by atoms with Crippen LogP contribution >= 0.6 is 19.2 Å². The fourth-order valence-electron chi connectivity index (χ4n) is 0.488. The second-order valence-corrected chi connectivity index (χ2v) is 3.61. The van der Waals surface area contributed by atoms with Gasteiger partial charge in [0.1, 0.15) is 0 Å². The third-order valence-corrected chi connectivity index (χ3v) is 1.94. The summed E-state index contributed by atoms with van der Waals surface area (Å²) in [6, 6.07) is 1.12. The molecule has 7 heteroatoms. The van der Waals surface area contributed by atoms with Gasteiger partial charge in [-0.2, -0.15) is 0 Å². The van der Waals surface area contributed by atoms with Crippen molar-refractivity contribution in [3.05, 3.63) is 17.5 Å². The highest BCUT2D eigenvalue weighted by molar-refractivity contribution is 7.60. The van der Waals surface area contributed by atoms with Gasteiger partial charge in [-0.05, 0) is 17.7 Å². The molecule has 1 aromatic rings. The first-order chi connectivity index (χ1) is 5.00. The van der Waals surface area contributed by atoms with Crippen molar-refractivity contribution in [1.82, 2.24) is 9.97 Å². The number of aromatic nitrogens is 2. The molecule has 0 saturated carbocycles. The van der Waals surface area contributed by atoms with Gasteiger partial charge in [0.15, 0.2) is 5.44 Å².